The van der Waals surface area contributed by atoms with Crippen molar-refractivity contribution in [1.82, 2.24) is 4.90 Å². The molecule has 2 N–H and O–H groups in total. The van der Waals surface area contributed by atoms with Gasteiger partial charge in [0.1, 0.15) is 0 Å². The zero-order chi connectivity index (χ0) is 14.1. The van der Waals surface area contributed by atoms with Gasteiger partial charge in [-0.25, -0.2) is 0 Å². The van der Waals surface area contributed by atoms with Crippen molar-refractivity contribution in [2.24, 2.45) is 0 Å². The van der Waals surface area contributed by atoms with Crippen LogP contribution in [0.5, 0.6) is 0 Å². The minimum Gasteiger partial charge on any atom is -0.398 e. The van der Waals surface area contributed by atoms with Gasteiger partial charge in [-0.2, -0.15) is 0 Å². The number of fused-ring (bicyclic) bond motifs is 1. The van der Waals surface area contributed by atoms with E-state index in [1.165, 1.54) is 26.7 Å². The molecule has 0 amide bonds. The number of rotatable bonds is 2. The van der Waals surface area contributed by atoms with Gasteiger partial charge in [-0.1, -0.05) is 40.2 Å². The second-order valence-corrected chi connectivity index (χ2v) is 6.39. The zero-order valence-electron chi connectivity index (χ0n) is 11.7. The maximum absolute atomic E-state index is 6.11. The molecule has 0 fully saturated rings. The molecule has 1 aliphatic heterocycles. The lowest BCUT2D eigenvalue weighted by Crippen LogP contribution is -2.30. The van der Waals surface area contributed by atoms with Crippen LogP contribution in [0.2, 0.25) is 0 Å². The highest BCUT2D eigenvalue weighted by Gasteiger charge is 2.18. The maximum atomic E-state index is 6.11. The number of nitrogen functional groups attached to an aromatic ring is 1. The van der Waals surface area contributed by atoms with E-state index in [4.69, 9.17) is 5.73 Å². The Morgan fingerprint density at radius 3 is 2.90 bits per heavy atom. The summed E-state index contributed by atoms with van der Waals surface area (Å²) < 4.78 is 1.20. The Labute approximate surface area is 128 Å². The number of nitrogens with two attached hydrogens (primary N) is 1. The molecule has 2 aromatic carbocycles. The summed E-state index contributed by atoms with van der Waals surface area (Å²) in [5.41, 5.74) is 12.4. The SMILES string of the molecule is Cc1ccc(CN2CCc3cccc(N)c3C2)c(Br)c1. The van der Waals surface area contributed by atoms with Crippen LogP contribution in [0.1, 0.15) is 22.3 Å². The maximum Gasteiger partial charge on any atom is 0.0362 e. The average Bonchev–Trinajstić information content (AvgIpc) is 2.43. The van der Waals surface area contributed by atoms with Crippen molar-refractivity contribution in [1.29, 1.82) is 0 Å². The van der Waals surface area contributed by atoms with E-state index in [9.17, 15) is 0 Å². The number of nitrogens with zero attached hydrogens (tertiary/aromatic N) is 1. The first-order valence-electron chi connectivity index (χ1n) is 6.97. The third kappa shape index (κ3) is 2.74. The summed E-state index contributed by atoms with van der Waals surface area (Å²) in [5.74, 6) is 0. The summed E-state index contributed by atoms with van der Waals surface area (Å²) in [6.45, 7) is 5.13. The molecule has 0 saturated carbocycles. The van der Waals surface area contributed by atoms with Gasteiger partial charge in [0.15, 0.2) is 0 Å². The van der Waals surface area contributed by atoms with E-state index in [-0.39, 0.29) is 0 Å². The normalized spacial score (nSPS) is 15.1. The first-order chi connectivity index (χ1) is 9.63. The van der Waals surface area contributed by atoms with E-state index >= 15 is 0 Å². The molecular formula is C17H19BrN2. The van der Waals surface area contributed by atoms with E-state index in [0.29, 0.717) is 0 Å². The molecule has 0 atom stereocenters. The number of benzene rings is 2. The first kappa shape index (κ1) is 13.7. The molecule has 0 aliphatic carbocycles. The highest BCUT2D eigenvalue weighted by Crippen LogP contribution is 2.27. The monoisotopic (exact) mass is 330 g/mol. The molecule has 2 aromatic rings. The van der Waals surface area contributed by atoms with E-state index < -0.39 is 0 Å². The van der Waals surface area contributed by atoms with Crippen molar-refractivity contribution in [3.05, 3.63) is 63.1 Å². The van der Waals surface area contributed by atoms with Gasteiger partial charge in [-0.15, -0.1) is 0 Å². The highest BCUT2D eigenvalue weighted by molar-refractivity contribution is 9.10. The summed E-state index contributed by atoms with van der Waals surface area (Å²) in [7, 11) is 0. The predicted molar refractivity (Wildman–Crippen MR) is 87.6 cm³/mol. The third-order valence-electron chi connectivity index (χ3n) is 3.99. The molecule has 1 heterocycles. The predicted octanol–water partition coefficient (Wildman–Crippen LogP) is 3.90. The molecule has 0 radical (unpaired) electrons. The van der Waals surface area contributed by atoms with Gasteiger partial charge >= 0.3 is 0 Å². The van der Waals surface area contributed by atoms with Crippen LogP contribution in [0, 0.1) is 6.92 Å². The van der Waals surface area contributed by atoms with Crippen LogP contribution in [0.15, 0.2) is 40.9 Å². The lowest BCUT2D eigenvalue weighted by molar-refractivity contribution is 0.245. The molecule has 2 nitrogen and oxygen atoms in total. The van der Waals surface area contributed by atoms with Crippen LogP contribution < -0.4 is 5.73 Å². The minimum atomic E-state index is 0.926. The van der Waals surface area contributed by atoms with E-state index in [2.05, 4.69) is 58.1 Å². The summed E-state index contributed by atoms with van der Waals surface area (Å²) >= 11 is 3.67. The largest absolute Gasteiger partial charge is 0.398 e. The lowest BCUT2D eigenvalue weighted by Gasteiger charge is -2.30. The quantitative estimate of drug-likeness (QED) is 0.846. The molecule has 0 unspecified atom stereocenters. The Bertz CT molecular complexity index is 637. The number of hydrogen-bond acceptors (Lipinski definition) is 2. The Hall–Kier alpha value is -1.32. The van der Waals surface area contributed by atoms with Crippen molar-refractivity contribution in [3.8, 4) is 0 Å². The molecule has 104 valence electrons. The van der Waals surface area contributed by atoms with Crippen molar-refractivity contribution in [2.45, 2.75) is 26.4 Å². The van der Waals surface area contributed by atoms with Crippen LogP contribution in [0.3, 0.4) is 0 Å². The molecule has 0 bridgehead atoms. The topological polar surface area (TPSA) is 29.3 Å². The van der Waals surface area contributed by atoms with Gasteiger partial charge in [0.2, 0.25) is 0 Å². The minimum absolute atomic E-state index is 0.926. The van der Waals surface area contributed by atoms with Gasteiger partial charge in [-0.3, -0.25) is 4.90 Å². The smallest absolute Gasteiger partial charge is 0.0362 e. The van der Waals surface area contributed by atoms with E-state index in [1.54, 1.807) is 0 Å². The van der Waals surface area contributed by atoms with Gasteiger partial charge < -0.3 is 5.73 Å². The Balaban J connectivity index is 1.79. The van der Waals surface area contributed by atoms with Crippen molar-refractivity contribution < 1.29 is 0 Å². The van der Waals surface area contributed by atoms with Crippen LogP contribution in [-0.2, 0) is 19.5 Å². The fourth-order valence-electron chi connectivity index (χ4n) is 2.82. The Morgan fingerprint density at radius 2 is 2.10 bits per heavy atom. The third-order valence-corrected chi connectivity index (χ3v) is 4.73. The fraction of sp³-hybridized carbons (Fsp3) is 0.294. The summed E-state index contributed by atoms with van der Waals surface area (Å²) in [6.07, 6.45) is 1.09. The van der Waals surface area contributed by atoms with Gasteiger partial charge in [0.25, 0.3) is 0 Å². The number of aryl methyl sites for hydroxylation is 1. The number of hydrogen-bond donors (Lipinski definition) is 1. The molecule has 0 saturated heterocycles. The summed E-state index contributed by atoms with van der Waals surface area (Å²) in [5, 5.41) is 0. The molecule has 3 rings (SSSR count). The van der Waals surface area contributed by atoms with Crippen LogP contribution in [-0.4, -0.2) is 11.4 Å². The van der Waals surface area contributed by atoms with E-state index in [1.807, 2.05) is 6.07 Å². The first-order valence-corrected chi connectivity index (χ1v) is 7.76. The second kappa shape index (κ2) is 5.58. The molecule has 3 heteroatoms. The van der Waals surface area contributed by atoms with Crippen LogP contribution in [0.4, 0.5) is 5.69 Å². The Kier molecular flexibility index (Phi) is 3.81. The molecule has 20 heavy (non-hydrogen) atoms. The van der Waals surface area contributed by atoms with Crippen molar-refractivity contribution >= 4 is 21.6 Å². The van der Waals surface area contributed by atoms with Crippen molar-refractivity contribution in [2.75, 3.05) is 12.3 Å². The summed E-state index contributed by atoms with van der Waals surface area (Å²) in [4.78, 5) is 2.47. The van der Waals surface area contributed by atoms with Gasteiger partial charge in [-0.05, 0) is 47.7 Å². The number of anilines is 1. The summed E-state index contributed by atoms with van der Waals surface area (Å²) in [6, 6.07) is 12.8. The molecule has 0 aromatic heterocycles. The van der Waals surface area contributed by atoms with E-state index in [0.717, 1.165) is 31.7 Å². The fourth-order valence-corrected chi connectivity index (χ4v) is 3.44. The lowest BCUT2D eigenvalue weighted by atomic mass is 9.98. The van der Waals surface area contributed by atoms with Crippen LogP contribution >= 0.6 is 15.9 Å². The van der Waals surface area contributed by atoms with Gasteiger partial charge in [0.05, 0.1) is 0 Å². The van der Waals surface area contributed by atoms with Gasteiger partial charge in [0, 0.05) is 29.8 Å². The Morgan fingerprint density at radius 1 is 1.25 bits per heavy atom. The second-order valence-electron chi connectivity index (χ2n) is 5.54. The molecule has 0 spiro atoms. The molecular weight excluding hydrogens is 312 g/mol. The zero-order valence-corrected chi connectivity index (χ0v) is 13.3. The standard InChI is InChI=1S/C17H19BrN2/c1-12-5-6-14(16(18)9-12)10-20-8-7-13-3-2-4-17(19)15(13)11-20/h2-6,9H,7-8,10-11,19H2,1H3. The average molecular weight is 331 g/mol. The number of halogens is 1. The van der Waals surface area contributed by atoms with Crippen molar-refractivity contribution in [3.63, 3.8) is 0 Å². The van der Waals surface area contributed by atoms with Crippen LogP contribution in [0.25, 0.3) is 0 Å². The highest BCUT2D eigenvalue weighted by atomic mass is 79.9. The molecule has 1 aliphatic rings.